The number of hydrogen-bond donors (Lipinski definition) is 1. The van der Waals surface area contributed by atoms with Gasteiger partial charge >= 0.3 is 0 Å². The normalized spacial score (nSPS) is 10.6. The van der Waals surface area contributed by atoms with Gasteiger partial charge in [-0.1, -0.05) is 11.6 Å². The van der Waals surface area contributed by atoms with Crippen LogP contribution < -0.4 is 0 Å². The first kappa shape index (κ1) is 8.32. The van der Waals surface area contributed by atoms with E-state index in [0.29, 0.717) is 5.02 Å². The second-order valence-electron chi connectivity index (χ2n) is 2.93. The second kappa shape index (κ2) is 2.89. The number of fused-ring (bicyclic) bond motifs is 1. The zero-order valence-corrected chi connectivity index (χ0v) is 7.84. The summed E-state index contributed by atoms with van der Waals surface area (Å²) in [6.07, 6.45) is 1.45. The number of nitrogens with zero attached hydrogens (tertiary/aromatic N) is 1. The summed E-state index contributed by atoms with van der Waals surface area (Å²) >= 11 is 5.83. The van der Waals surface area contributed by atoms with Gasteiger partial charge in [0.05, 0.1) is 11.7 Å². The maximum Gasteiger partial charge on any atom is 0.137 e. The van der Waals surface area contributed by atoms with Gasteiger partial charge in [0.2, 0.25) is 0 Å². The van der Waals surface area contributed by atoms with Crippen molar-refractivity contribution >= 4 is 22.5 Å². The molecule has 13 heavy (non-hydrogen) atoms. The van der Waals surface area contributed by atoms with Crippen LogP contribution in [0.2, 0.25) is 5.02 Å². The van der Waals surface area contributed by atoms with E-state index in [0.717, 1.165) is 16.5 Å². The fourth-order valence-electron chi connectivity index (χ4n) is 1.29. The third-order valence-corrected chi connectivity index (χ3v) is 2.31. The van der Waals surface area contributed by atoms with Crippen LogP contribution in [0.1, 0.15) is 5.56 Å². The molecule has 0 aliphatic carbocycles. The van der Waals surface area contributed by atoms with E-state index in [1.807, 2.05) is 13.0 Å². The van der Waals surface area contributed by atoms with Crippen molar-refractivity contribution in [3.05, 3.63) is 35.0 Å². The first-order valence-corrected chi connectivity index (χ1v) is 4.30. The van der Waals surface area contributed by atoms with Crippen LogP contribution >= 0.6 is 11.6 Å². The SMILES string of the molecule is Cc1c(O)cnc2ccc(Cl)cc12. The van der Waals surface area contributed by atoms with Gasteiger partial charge in [0.15, 0.2) is 0 Å². The second-order valence-corrected chi connectivity index (χ2v) is 3.37. The van der Waals surface area contributed by atoms with Crippen molar-refractivity contribution in [2.75, 3.05) is 0 Å². The molecule has 2 aromatic rings. The van der Waals surface area contributed by atoms with Gasteiger partial charge in [-0.2, -0.15) is 0 Å². The van der Waals surface area contributed by atoms with Crippen LogP contribution in [-0.2, 0) is 0 Å². The van der Waals surface area contributed by atoms with Crippen LogP contribution in [0.25, 0.3) is 10.9 Å². The van der Waals surface area contributed by atoms with Crippen molar-refractivity contribution in [3.8, 4) is 5.75 Å². The van der Waals surface area contributed by atoms with Gasteiger partial charge in [-0.15, -0.1) is 0 Å². The van der Waals surface area contributed by atoms with Crippen LogP contribution in [0.4, 0.5) is 0 Å². The molecule has 0 atom stereocenters. The topological polar surface area (TPSA) is 33.1 Å². The van der Waals surface area contributed by atoms with E-state index >= 15 is 0 Å². The van der Waals surface area contributed by atoms with Crippen LogP contribution in [0.5, 0.6) is 5.75 Å². The lowest BCUT2D eigenvalue weighted by Crippen LogP contribution is -1.83. The molecule has 0 fully saturated rings. The Morgan fingerprint density at radius 1 is 1.38 bits per heavy atom. The zero-order chi connectivity index (χ0) is 9.42. The smallest absolute Gasteiger partial charge is 0.137 e. The van der Waals surface area contributed by atoms with Gasteiger partial charge in [0, 0.05) is 16.0 Å². The summed E-state index contributed by atoms with van der Waals surface area (Å²) in [5, 5.41) is 11.0. The molecule has 0 aliphatic rings. The first-order valence-electron chi connectivity index (χ1n) is 3.92. The Hall–Kier alpha value is -1.28. The van der Waals surface area contributed by atoms with Crippen LogP contribution in [0.3, 0.4) is 0 Å². The monoisotopic (exact) mass is 193 g/mol. The standard InChI is InChI=1S/C10H8ClNO/c1-6-8-4-7(11)2-3-9(8)12-5-10(6)13/h2-5,13H,1H3. The Morgan fingerprint density at radius 2 is 2.15 bits per heavy atom. The van der Waals surface area contributed by atoms with E-state index in [2.05, 4.69) is 4.98 Å². The molecule has 0 bridgehead atoms. The molecular weight excluding hydrogens is 186 g/mol. The Balaban J connectivity index is 2.89. The van der Waals surface area contributed by atoms with Crippen molar-refractivity contribution < 1.29 is 5.11 Å². The highest BCUT2D eigenvalue weighted by Gasteiger charge is 2.03. The predicted molar refractivity (Wildman–Crippen MR) is 53.2 cm³/mol. The number of aryl methyl sites for hydroxylation is 1. The average Bonchev–Trinajstić information content (AvgIpc) is 2.12. The number of aromatic nitrogens is 1. The Kier molecular flexibility index (Phi) is 1.85. The molecule has 0 saturated heterocycles. The molecule has 0 amide bonds. The van der Waals surface area contributed by atoms with Crippen molar-refractivity contribution in [2.45, 2.75) is 6.92 Å². The minimum atomic E-state index is 0.203. The largest absolute Gasteiger partial charge is 0.506 e. The van der Waals surface area contributed by atoms with Gasteiger partial charge in [0.1, 0.15) is 5.75 Å². The Morgan fingerprint density at radius 3 is 2.92 bits per heavy atom. The van der Waals surface area contributed by atoms with E-state index < -0.39 is 0 Å². The highest BCUT2D eigenvalue weighted by atomic mass is 35.5. The summed E-state index contributed by atoms with van der Waals surface area (Å²) in [6.45, 7) is 1.84. The molecule has 1 aromatic carbocycles. The molecule has 3 heteroatoms. The van der Waals surface area contributed by atoms with E-state index in [-0.39, 0.29) is 5.75 Å². The molecule has 66 valence electrons. The van der Waals surface area contributed by atoms with Gasteiger partial charge in [-0.25, -0.2) is 0 Å². The molecule has 0 saturated carbocycles. The summed E-state index contributed by atoms with van der Waals surface area (Å²) < 4.78 is 0. The number of pyridine rings is 1. The lowest BCUT2D eigenvalue weighted by atomic mass is 10.1. The van der Waals surface area contributed by atoms with E-state index in [4.69, 9.17) is 11.6 Å². The van der Waals surface area contributed by atoms with Gasteiger partial charge < -0.3 is 5.11 Å². The third-order valence-electron chi connectivity index (χ3n) is 2.07. The highest BCUT2D eigenvalue weighted by Crippen LogP contribution is 2.26. The minimum absolute atomic E-state index is 0.203. The number of hydrogen-bond acceptors (Lipinski definition) is 2. The van der Waals surface area contributed by atoms with Crippen LogP contribution in [0, 0.1) is 6.92 Å². The molecule has 0 aliphatic heterocycles. The average molecular weight is 194 g/mol. The van der Waals surface area contributed by atoms with E-state index in [1.54, 1.807) is 12.1 Å². The van der Waals surface area contributed by atoms with E-state index in [9.17, 15) is 5.11 Å². The summed E-state index contributed by atoms with van der Waals surface area (Å²) in [7, 11) is 0. The van der Waals surface area contributed by atoms with Crippen LogP contribution in [-0.4, -0.2) is 10.1 Å². The third kappa shape index (κ3) is 1.33. The lowest BCUT2D eigenvalue weighted by Gasteiger charge is -2.03. The molecular formula is C10H8ClNO. The minimum Gasteiger partial charge on any atom is -0.506 e. The molecule has 1 heterocycles. The molecule has 1 N–H and O–H groups in total. The highest BCUT2D eigenvalue weighted by molar-refractivity contribution is 6.31. The molecule has 0 unspecified atom stereocenters. The van der Waals surface area contributed by atoms with Crippen molar-refractivity contribution in [2.24, 2.45) is 0 Å². The summed E-state index contributed by atoms with van der Waals surface area (Å²) in [5.41, 5.74) is 1.66. The van der Waals surface area contributed by atoms with Crippen LogP contribution in [0.15, 0.2) is 24.4 Å². The van der Waals surface area contributed by atoms with Crippen molar-refractivity contribution in [1.82, 2.24) is 4.98 Å². The zero-order valence-electron chi connectivity index (χ0n) is 7.08. The number of benzene rings is 1. The Bertz CT molecular complexity index is 462. The molecule has 0 spiro atoms. The molecule has 0 radical (unpaired) electrons. The quantitative estimate of drug-likeness (QED) is 0.698. The van der Waals surface area contributed by atoms with Gasteiger partial charge in [-0.3, -0.25) is 4.98 Å². The number of halogens is 1. The number of rotatable bonds is 0. The van der Waals surface area contributed by atoms with Crippen molar-refractivity contribution in [1.29, 1.82) is 0 Å². The number of aromatic hydroxyl groups is 1. The molecule has 1 aromatic heterocycles. The first-order chi connectivity index (χ1) is 6.18. The van der Waals surface area contributed by atoms with Crippen molar-refractivity contribution in [3.63, 3.8) is 0 Å². The molecule has 2 nitrogen and oxygen atoms in total. The summed E-state index contributed by atoms with van der Waals surface area (Å²) in [6, 6.07) is 5.43. The fourth-order valence-corrected chi connectivity index (χ4v) is 1.46. The Labute approximate surface area is 80.8 Å². The van der Waals surface area contributed by atoms with E-state index in [1.165, 1.54) is 6.20 Å². The van der Waals surface area contributed by atoms with Gasteiger partial charge in [-0.05, 0) is 25.1 Å². The van der Waals surface area contributed by atoms with Gasteiger partial charge in [0.25, 0.3) is 0 Å². The predicted octanol–water partition coefficient (Wildman–Crippen LogP) is 2.90. The summed E-state index contributed by atoms with van der Waals surface area (Å²) in [4.78, 5) is 4.07. The molecule has 2 rings (SSSR count). The fraction of sp³-hybridized carbons (Fsp3) is 0.100. The summed E-state index contributed by atoms with van der Waals surface area (Å²) in [5.74, 6) is 0.203. The maximum absolute atomic E-state index is 9.40. The maximum atomic E-state index is 9.40. The lowest BCUT2D eigenvalue weighted by molar-refractivity contribution is 0.470.